The van der Waals surface area contributed by atoms with Crippen LogP contribution in [0.2, 0.25) is 0 Å². The monoisotopic (exact) mass is 610 g/mol. The number of rotatable bonds is 10. The number of benzene rings is 2. The number of aliphatic carboxylic acids is 1. The minimum Gasteiger partial charge on any atom is -0.475 e. The summed E-state index contributed by atoms with van der Waals surface area (Å²) in [5.74, 6) is -2.87. The Morgan fingerprint density at radius 2 is 1.76 bits per heavy atom. The van der Waals surface area contributed by atoms with E-state index in [0.717, 1.165) is 66.4 Å². The number of aromatic nitrogens is 1. The number of halogens is 3. The molecule has 1 amide bonds. The highest BCUT2D eigenvalue weighted by atomic mass is 32.2. The predicted octanol–water partition coefficient (Wildman–Crippen LogP) is 4.64. The highest BCUT2D eigenvalue weighted by Gasteiger charge is 2.38. The fourth-order valence-corrected chi connectivity index (χ4v) is 6.15. The number of nitrogens with zero attached hydrogens (tertiary/aromatic N) is 1. The third-order valence-electron chi connectivity index (χ3n) is 7.26. The number of carboxylic acid groups (broad SMARTS) is 1. The maximum Gasteiger partial charge on any atom is 0.490 e. The third kappa shape index (κ3) is 8.33. The van der Waals surface area contributed by atoms with Crippen molar-refractivity contribution in [3.05, 3.63) is 59.3 Å². The van der Waals surface area contributed by atoms with E-state index in [4.69, 9.17) is 15.6 Å². The van der Waals surface area contributed by atoms with Crippen molar-refractivity contribution in [2.24, 2.45) is 5.73 Å². The molecule has 2 heterocycles. The minimum absolute atomic E-state index is 0.129. The Bertz CT molecular complexity index is 1500. The van der Waals surface area contributed by atoms with E-state index in [1.165, 1.54) is 5.56 Å². The van der Waals surface area contributed by atoms with Gasteiger partial charge in [0.25, 0.3) is 5.91 Å². The van der Waals surface area contributed by atoms with Crippen LogP contribution in [0.25, 0.3) is 22.0 Å². The lowest BCUT2D eigenvalue weighted by Crippen LogP contribution is -2.38. The van der Waals surface area contributed by atoms with Crippen molar-refractivity contribution in [1.29, 1.82) is 0 Å². The molecule has 0 aliphatic carbocycles. The molecular weight excluding hydrogens is 573 g/mol. The van der Waals surface area contributed by atoms with Gasteiger partial charge >= 0.3 is 12.1 Å². The molecule has 0 radical (unpaired) electrons. The Labute approximate surface area is 243 Å². The first kappa shape index (κ1) is 33.1. The molecule has 4 rings (SSSR count). The molecule has 230 valence electrons. The molecule has 1 saturated heterocycles. The Kier molecular flexibility index (Phi) is 11.2. The van der Waals surface area contributed by atoms with Gasteiger partial charge in [-0.1, -0.05) is 31.2 Å². The molecule has 3 aromatic rings. The Hall–Kier alpha value is -3.42. The molecule has 5 N–H and O–H groups in total. The van der Waals surface area contributed by atoms with Crippen LogP contribution in [0.1, 0.15) is 60.5 Å². The van der Waals surface area contributed by atoms with E-state index in [2.05, 4.69) is 47.6 Å². The number of carbonyl (C=O) groups is 2. The lowest BCUT2D eigenvalue weighted by atomic mass is 9.88. The molecule has 0 spiro atoms. The van der Waals surface area contributed by atoms with E-state index in [0.29, 0.717) is 18.7 Å². The second-order valence-corrected chi connectivity index (χ2v) is 12.4. The van der Waals surface area contributed by atoms with Gasteiger partial charge in [0, 0.05) is 24.7 Å². The van der Waals surface area contributed by atoms with E-state index in [9.17, 15) is 26.4 Å². The number of nitrogens with two attached hydrogens (primary N) is 1. The second-order valence-electron chi connectivity index (χ2n) is 10.1. The zero-order valence-corrected chi connectivity index (χ0v) is 24.4. The molecule has 1 aromatic heterocycles. The summed E-state index contributed by atoms with van der Waals surface area (Å²) >= 11 is 0. The van der Waals surface area contributed by atoms with Gasteiger partial charge in [0.2, 0.25) is 10.0 Å². The number of primary amides is 1. The topological polar surface area (TPSA) is 146 Å². The summed E-state index contributed by atoms with van der Waals surface area (Å²) in [6.45, 7) is 6.82. The van der Waals surface area contributed by atoms with Crippen LogP contribution >= 0.6 is 0 Å². The van der Waals surface area contributed by atoms with E-state index in [1.807, 2.05) is 12.3 Å². The number of nitrogens with one attached hydrogen (secondary N) is 2. The molecule has 0 atom stereocenters. The molecule has 2 aromatic carbocycles. The standard InChI is InChI=1S/C27H36N4O3S.C2HF3O2/c1-3-11-29-12-8-19-6-5-7-21(15-19)22-16-23-25(18-30-26(23)24(17-22)27(28)32)20-9-13-31(14-10-20)35(33,34)4-2;3-2(4,5)1(6)7/h5-7,15-18,20,29-30H,3-4,8-14H2,1-2H3,(H2,28,32);(H,6,7). The van der Waals surface area contributed by atoms with Gasteiger partial charge < -0.3 is 21.1 Å². The number of carboxylic acids is 1. The summed E-state index contributed by atoms with van der Waals surface area (Å²) in [7, 11) is -3.17. The van der Waals surface area contributed by atoms with Gasteiger partial charge in [0.1, 0.15) is 0 Å². The highest BCUT2D eigenvalue weighted by Crippen LogP contribution is 2.37. The van der Waals surface area contributed by atoms with Crippen LogP contribution < -0.4 is 11.1 Å². The number of H-pyrrole nitrogens is 1. The number of amides is 1. The number of sulfonamides is 1. The number of fused-ring (bicyclic) bond motifs is 1. The summed E-state index contributed by atoms with van der Waals surface area (Å²) in [4.78, 5) is 24.5. The van der Waals surface area contributed by atoms with Gasteiger partial charge in [-0.25, -0.2) is 17.5 Å². The van der Waals surface area contributed by atoms with Crippen LogP contribution in [0.4, 0.5) is 13.2 Å². The number of hydrogen-bond acceptors (Lipinski definition) is 5. The molecule has 42 heavy (non-hydrogen) atoms. The minimum atomic E-state index is -5.08. The fourth-order valence-electron chi connectivity index (χ4n) is 5.02. The number of aromatic amines is 1. The largest absolute Gasteiger partial charge is 0.490 e. The van der Waals surface area contributed by atoms with E-state index >= 15 is 0 Å². The molecule has 9 nitrogen and oxygen atoms in total. The quantitative estimate of drug-likeness (QED) is 0.246. The highest BCUT2D eigenvalue weighted by molar-refractivity contribution is 7.89. The summed E-state index contributed by atoms with van der Waals surface area (Å²) in [6, 6.07) is 12.4. The van der Waals surface area contributed by atoms with Crippen molar-refractivity contribution < 1.29 is 36.3 Å². The molecule has 1 aliphatic heterocycles. The molecule has 0 bridgehead atoms. The van der Waals surface area contributed by atoms with Crippen molar-refractivity contribution >= 4 is 32.8 Å². The van der Waals surface area contributed by atoms with Crippen LogP contribution in [0.3, 0.4) is 0 Å². The van der Waals surface area contributed by atoms with E-state index < -0.39 is 28.1 Å². The smallest absolute Gasteiger partial charge is 0.475 e. The van der Waals surface area contributed by atoms with Crippen LogP contribution in [0.5, 0.6) is 0 Å². The summed E-state index contributed by atoms with van der Waals surface area (Å²) in [5, 5.41) is 11.6. The second kappa shape index (κ2) is 14.2. The number of carbonyl (C=O) groups excluding carboxylic acids is 1. The Balaban J connectivity index is 0.000000616. The average molecular weight is 611 g/mol. The Morgan fingerprint density at radius 1 is 1.10 bits per heavy atom. The molecule has 13 heteroatoms. The predicted molar refractivity (Wildman–Crippen MR) is 156 cm³/mol. The van der Waals surface area contributed by atoms with Crippen LogP contribution in [-0.4, -0.2) is 72.8 Å². The summed E-state index contributed by atoms with van der Waals surface area (Å²) in [6.07, 6.45) is 0.437. The van der Waals surface area contributed by atoms with Gasteiger partial charge in [0.05, 0.1) is 16.8 Å². The number of alkyl halides is 3. The summed E-state index contributed by atoms with van der Waals surface area (Å²) in [5.41, 5.74) is 11.4. The Morgan fingerprint density at radius 3 is 2.33 bits per heavy atom. The molecule has 1 fully saturated rings. The third-order valence-corrected chi connectivity index (χ3v) is 9.14. The fraction of sp³-hybridized carbons (Fsp3) is 0.448. The molecule has 0 unspecified atom stereocenters. The van der Waals surface area contributed by atoms with E-state index in [1.54, 1.807) is 11.2 Å². The van der Waals surface area contributed by atoms with Gasteiger partial charge in [-0.05, 0) is 86.0 Å². The first-order chi connectivity index (χ1) is 19.8. The maximum absolute atomic E-state index is 12.4. The van der Waals surface area contributed by atoms with Gasteiger partial charge in [-0.3, -0.25) is 4.79 Å². The molecule has 0 saturated carbocycles. The lowest BCUT2D eigenvalue weighted by molar-refractivity contribution is -0.192. The van der Waals surface area contributed by atoms with Crippen molar-refractivity contribution in [1.82, 2.24) is 14.6 Å². The number of piperidine rings is 1. The molecule has 1 aliphatic rings. The summed E-state index contributed by atoms with van der Waals surface area (Å²) < 4.78 is 57.9. The number of hydrogen-bond donors (Lipinski definition) is 4. The van der Waals surface area contributed by atoms with Crippen LogP contribution in [0, 0.1) is 0 Å². The zero-order chi connectivity index (χ0) is 31.1. The van der Waals surface area contributed by atoms with Crippen molar-refractivity contribution in [2.45, 2.75) is 51.6 Å². The van der Waals surface area contributed by atoms with Gasteiger partial charge in [-0.15, -0.1) is 0 Å². The SMILES string of the molecule is CCCNCCc1cccc(-c2cc(C(N)=O)c3[nH]cc(C4CCN(S(=O)(=O)CC)CC4)c3c2)c1.O=C(O)C(F)(F)F. The molecular formula is C29H37F3N4O5S. The lowest BCUT2D eigenvalue weighted by Gasteiger charge is -2.31. The van der Waals surface area contributed by atoms with Crippen LogP contribution in [-0.2, 0) is 21.2 Å². The normalized spacial score (nSPS) is 14.9. The van der Waals surface area contributed by atoms with Crippen molar-refractivity contribution in [3.63, 3.8) is 0 Å². The van der Waals surface area contributed by atoms with Gasteiger partial charge in [-0.2, -0.15) is 13.2 Å². The van der Waals surface area contributed by atoms with Crippen molar-refractivity contribution in [2.75, 3.05) is 31.9 Å². The maximum atomic E-state index is 12.4. The van der Waals surface area contributed by atoms with E-state index in [-0.39, 0.29) is 11.7 Å². The average Bonchev–Trinajstić information content (AvgIpc) is 3.39. The zero-order valence-electron chi connectivity index (χ0n) is 23.6. The van der Waals surface area contributed by atoms with Gasteiger partial charge in [0.15, 0.2) is 0 Å². The van der Waals surface area contributed by atoms with Crippen LogP contribution in [0.15, 0.2) is 42.6 Å². The first-order valence-corrected chi connectivity index (χ1v) is 15.4. The first-order valence-electron chi connectivity index (χ1n) is 13.8. The van der Waals surface area contributed by atoms with Crippen molar-refractivity contribution in [3.8, 4) is 11.1 Å².